The highest BCUT2D eigenvalue weighted by Gasteiger charge is 2.08. The van der Waals surface area contributed by atoms with Crippen molar-refractivity contribution in [3.63, 3.8) is 0 Å². The number of aryl methyl sites for hydroxylation is 3. The Morgan fingerprint density at radius 1 is 0.739 bits per heavy atom. The molecule has 0 spiro atoms. The lowest BCUT2D eigenvalue weighted by atomic mass is 10.0. The molecule has 0 radical (unpaired) electrons. The molecule has 0 aliphatic carbocycles. The molecular weight excluding hydrogens is 280 g/mol. The summed E-state index contributed by atoms with van der Waals surface area (Å²) >= 11 is 0. The molecule has 0 N–H and O–H groups in total. The van der Waals surface area contributed by atoms with Crippen molar-refractivity contribution >= 4 is 21.7 Å². The fourth-order valence-electron chi connectivity index (χ4n) is 3.07. The third kappa shape index (κ3) is 2.27. The highest BCUT2D eigenvalue weighted by atomic mass is 14.7. The lowest BCUT2D eigenvalue weighted by molar-refractivity contribution is 1.22. The summed E-state index contributed by atoms with van der Waals surface area (Å²) < 4.78 is 0. The van der Waals surface area contributed by atoms with Crippen LogP contribution in [0.15, 0.2) is 54.7 Å². The summed E-state index contributed by atoms with van der Waals surface area (Å²) in [6, 6.07) is 17.0. The molecular formula is C21H18N2. The van der Waals surface area contributed by atoms with Gasteiger partial charge in [0.1, 0.15) is 0 Å². The Bertz CT molecular complexity index is 1050. The van der Waals surface area contributed by atoms with E-state index in [9.17, 15) is 0 Å². The second-order valence-electron chi connectivity index (χ2n) is 6.13. The molecule has 0 saturated carbocycles. The maximum absolute atomic E-state index is 4.80. The Labute approximate surface area is 135 Å². The lowest BCUT2D eigenvalue weighted by Crippen LogP contribution is -1.91. The fraction of sp³-hybridized carbons (Fsp3) is 0.143. The molecule has 0 atom stereocenters. The molecule has 0 fully saturated rings. The van der Waals surface area contributed by atoms with Gasteiger partial charge in [0.05, 0.1) is 11.2 Å². The Morgan fingerprint density at radius 3 is 2.30 bits per heavy atom. The van der Waals surface area contributed by atoms with Gasteiger partial charge in [0.25, 0.3) is 0 Å². The first-order chi connectivity index (χ1) is 11.1. The molecule has 2 heteroatoms. The number of hydrogen-bond donors (Lipinski definition) is 0. The Hall–Kier alpha value is -2.74. The van der Waals surface area contributed by atoms with Crippen LogP contribution in [0.3, 0.4) is 0 Å². The van der Waals surface area contributed by atoms with Crippen LogP contribution in [0.25, 0.3) is 32.9 Å². The minimum Gasteiger partial charge on any atom is -0.256 e. The quantitative estimate of drug-likeness (QED) is 0.441. The first-order valence-corrected chi connectivity index (χ1v) is 7.86. The molecule has 2 nitrogen and oxygen atoms in total. The predicted molar refractivity (Wildman–Crippen MR) is 96.7 cm³/mol. The summed E-state index contributed by atoms with van der Waals surface area (Å²) in [5, 5.41) is 3.67. The first-order valence-electron chi connectivity index (χ1n) is 7.86. The highest BCUT2D eigenvalue weighted by Crippen LogP contribution is 2.29. The molecule has 112 valence electrons. The van der Waals surface area contributed by atoms with E-state index in [2.05, 4.69) is 74.3 Å². The third-order valence-corrected chi connectivity index (χ3v) is 4.56. The van der Waals surface area contributed by atoms with Gasteiger partial charge in [0.15, 0.2) is 0 Å². The third-order valence-electron chi connectivity index (χ3n) is 4.56. The molecule has 0 amide bonds. The zero-order valence-corrected chi connectivity index (χ0v) is 13.6. The van der Waals surface area contributed by atoms with Gasteiger partial charge in [-0.3, -0.25) is 9.97 Å². The molecule has 2 aromatic heterocycles. The number of pyridine rings is 2. The molecule has 23 heavy (non-hydrogen) atoms. The zero-order chi connectivity index (χ0) is 16.0. The average molecular weight is 298 g/mol. The molecule has 0 unspecified atom stereocenters. The number of benzene rings is 2. The maximum Gasteiger partial charge on any atom is 0.0718 e. The van der Waals surface area contributed by atoms with Gasteiger partial charge in [-0.1, -0.05) is 36.4 Å². The van der Waals surface area contributed by atoms with Gasteiger partial charge in [0.2, 0.25) is 0 Å². The van der Waals surface area contributed by atoms with Gasteiger partial charge < -0.3 is 0 Å². The van der Waals surface area contributed by atoms with Crippen molar-refractivity contribution in [3.8, 4) is 11.3 Å². The van der Waals surface area contributed by atoms with Crippen LogP contribution in [0.5, 0.6) is 0 Å². The van der Waals surface area contributed by atoms with Gasteiger partial charge in [-0.15, -0.1) is 0 Å². The van der Waals surface area contributed by atoms with Crippen LogP contribution in [0.2, 0.25) is 0 Å². The summed E-state index contributed by atoms with van der Waals surface area (Å²) in [5.41, 5.74) is 6.69. The molecule has 4 rings (SSSR count). The van der Waals surface area contributed by atoms with E-state index in [0.29, 0.717) is 0 Å². The van der Waals surface area contributed by atoms with E-state index in [1.54, 1.807) is 0 Å². The Balaban J connectivity index is 1.97. The predicted octanol–water partition coefficient (Wildman–Crippen LogP) is 5.38. The number of rotatable bonds is 1. The molecule has 2 aromatic carbocycles. The summed E-state index contributed by atoms with van der Waals surface area (Å²) in [6.45, 7) is 6.28. The summed E-state index contributed by atoms with van der Waals surface area (Å²) in [4.78, 5) is 9.38. The summed E-state index contributed by atoms with van der Waals surface area (Å²) in [6.07, 6.45) is 1.94. The van der Waals surface area contributed by atoms with Gasteiger partial charge in [-0.05, 0) is 49.4 Å². The standard InChI is InChI=1S/C21H18N2/c1-13-10-20(22-12-14(13)2)16-8-9-19-18-7-5-4-6-17(18)15(3)23-21(19)11-16/h4-12H,1-3H3. The number of fused-ring (bicyclic) bond motifs is 3. The van der Waals surface area contributed by atoms with Crippen LogP contribution in [0, 0.1) is 20.8 Å². The largest absolute Gasteiger partial charge is 0.256 e. The van der Waals surface area contributed by atoms with Crippen LogP contribution in [0.1, 0.15) is 16.8 Å². The van der Waals surface area contributed by atoms with Crippen LogP contribution < -0.4 is 0 Å². The topological polar surface area (TPSA) is 25.8 Å². The fourth-order valence-corrected chi connectivity index (χ4v) is 3.07. The van der Waals surface area contributed by atoms with Gasteiger partial charge in [0, 0.05) is 28.2 Å². The van der Waals surface area contributed by atoms with Crippen LogP contribution in [0.4, 0.5) is 0 Å². The molecule has 0 saturated heterocycles. The minimum atomic E-state index is 1.00. The number of nitrogens with zero attached hydrogens (tertiary/aromatic N) is 2. The van der Waals surface area contributed by atoms with Gasteiger partial charge in [-0.2, -0.15) is 0 Å². The van der Waals surface area contributed by atoms with Crippen molar-refractivity contribution in [2.24, 2.45) is 0 Å². The maximum atomic E-state index is 4.80. The van der Waals surface area contributed by atoms with Crippen molar-refractivity contribution in [1.29, 1.82) is 0 Å². The van der Waals surface area contributed by atoms with E-state index in [-0.39, 0.29) is 0 Å². The molecule has 0 aliphatic rings. The number of hydrogen-bond acceptors (Lipinski definition) is 2. The number of aromatic nitrogens is 2. The van der Waals surface area contributed by atoms with Crippen LogP contribution >= 0.6 is 0 Å². The molecule has 0 aliphatic heterocycles. The van der Waals surface area contributed by atoms with E-state index >= 15 is 0 Å². The summed E-state index contributed by atoms with van der Waals surface area (Å²) in [7, 11) is 0. The van der Waals surface area contributed by atoms with Crippen LogP contribution in [-0.4, -0.2) is 9.97 Å². The van der Waals surface area contributed by atoms with E-state index in [4.69, 9.17) is 4.98 Å². The van der Waals surface area contributed by atoms with Crippen molar-refractivity contribution in [3.05, 3.63) is 71.5 Å². The normalized spacial score (nSPS) is 11.3. The zero-order valence-electron chi connectivity index (χ0n) is 13.6. The molecule has 4 aromatic rings. The van der Waals surface area contributed by atoms with Crippen molar-refractivity contribution in [2.45, 2.75) is 20.8 Å². The highest BCUT2D eigenvalue weighted by molar-refractivity contribution is 6.07. The molecule has 0 bridgehead atoms. The van der Waals surface area contributed by atoms with E-state index in [1.165, 1.54) is 27.3 Å². The van der Waals surface area contributed by atoms with Crippen molar-refractivity contribution in [1.82, 2.24) is 9.97 Å². The lowest BCUT2D eigenvalue weighted by Gasteiger charge is -2.09. The van der Waals surface area contributed by atoms with Crippen molar-refractivity contribution in [2.75, 3.05) is 0 Å². The smallest absolute Gasteiger partial charge is 0.0718 e. The van der Waals surface area contributed by atoms with E-state index in [0.717, 1.165) is 22.5 Å². The average Bonchev–Trinajstić information content (AvgIpc) is 2.57. The Morgan fingerprint density at radius 2 is 1.52 bits per heavy atom. The molecule has 2 heterocycles. The van der Waals surface area contributed by atoms with E-state index < -0.39 is 0 Å². The van der Waals surface area contributed by atoms with Crippen LogP contribution in [-0.2, 0) is 0 Å². The monoisotopic (exact) mass is 298 g/mol. The Kier molecular flexibility index (Phi) is 3.12. The van der Waals surface area contributed by atoms with E-state index in [1.807, 2.05) is 6.20 Å². The van der Waals surface area contributed by atoms with Gasteiger partial charge >= 0.3 is 0 Å². The van der Waals surface area contributed by atoms with Gasteiger partial charge in [-0.25, -0.2) is 0 Å². The SMILES string of the molecule is Cc1cnc(-c2ccc3c(c2)nc(C)c2ccccc23)cc1C. The second-order valence-corrected chi connectivity index (χ2v) is 6.13. The first kappa shape index (κ1) is 13.9. The summed E-state index contributed by atoms with van der Waals surface area (Å²) in [5.74, 6) is 0. The minimum absolute atomic E-state index is 1.00. The second kappa shape index (κ2) is 5.17. The van der Waals surface area contributed by atoms with Crippen molar-refractivity contribution < 1.29 is 0 Å².